The van der Waals surface area contributed by atoms with E-state index in [-0.39, 0.29) is 24.7 Å². The maximum atomic E-state index is 12.5. The van der Waals surface area contributed by atoms with E-state index in [1.165, 1.54) is 24.5 Å². The smallest absolute Gasteiger partial charge is 0.293 e. The number of amides is 1. The fourth-order valence-electron chi connectivity index (χ4n) is 3.06. The highest BCUT2D eigenvalue weighted by Crippen LogP contribution is 2.35. The second-order valence-corrected chi connectivity index (χ2v) is 6.58. The molecule has 0 fully saturated rings. The summed E-state index contributed by atoms with van der Waals surface area (Å²) in [5.41, 5.74) is 1.08. The molecule has 1 N–H and O–H groups in total. The number of aromatic nitrogens is 2. The lowest BCUT2D eigenvalue weighted by Crippen LogP contribution is -2.27. The van der Waals surface area contributed by atoms with Gasteiger partial charge in [-0.05, 0) is 30.7 Å². The molecule has 1 aliphatic rings. The van der Waals surface area contributed by atoms with Crippen molar-refractivity contribution >= 4 is 17.3 Å². The van der Waals surface area contributed by atoms with Crippen molar-refractivity contribution in [3.63, 3.8) is 0 Å². The van der Waals surface area contributed by atoms with Gasteiger partial charge in [0.2, 0.25) is 12.7 Å². The number of nitrogens with one attached hydrogen (secondary N) is 1. The van der Waals surface area contributed by atoms with Crippen molar-refractivity contribution in [1.29, 1.82) is 0 Å². The van der Waals surface area contributed by atoms with Gasteiger partial charge in [0.25, 0.3) is 11.2 Å². The van der Waals surface area contributed by atoms with Crippen LogP contribution in [0.4, 0.5) is 11.4 Å². The SMILES string of the molecule is Cc1cccc([N+](=O)[O-])c1NC(=O)Cn1cnc(-c2ccc3c(c2)OCO3)cc1=O. The van der Waals surface area contributed by atoms with E-state index in [0.717, 1.165) is 4.57 Å². The van der Waals surface area contributed by atoms with Crippen LogP contribution in [-0.4, -0.2) is 27.2 Å². The van der Waals surface area contributed by atoms with Gasteiger partial charge in [-0.15, -0.1) is 0 Å². The van der Waals surface area contributed by atoms with E-state index in [0.29, 0.717) is 28.3 Å². The molecule has 10 heteroatoms. The van der Waals surface area contributed by atoms with Crippen LogP contribution in [-0.2, 0) is 11.3 Å². The van der Waals surface area contributed by atoms with Crippen molar-refractivity contribution in [3.05, 3.63) is 74.8 Å². The molecule has 0 aliphatic carbocycles. The van der Waals surface area contributed by atoms with Gasteiger partial charge in [-0.2, -0.15) is 0 Å². The number of aryl methyl sites for hydroxylation is 1. The predicted octanol–water partition coefficient (Wildman–Crippen LogP) is 2.49. The van der Waals surface area contributed by atoms with Crippen LogP contribution in [0.5, 0.6) is 11.5 Å². The lowest BCUT2D eigenvalue weighted by Gasteiger charge is -2.10. The minimum Gasteiger partial charge on any atom is -0.454 e. The minimum absolute atomic E-state index is 0.102. The second-order valence-electron chi connectivity index (χ2n) is 6.58. The topological polar surface area (TPSA) is 126 Å². The summed E-state index contributed by atoms with van der Waals surface area (Å²) in [5.74, 6) is 0.610. The number of fused-ring (bicyclic) bond motifs is 1. The molecule has 10 nitrogen and oxygen atoms in total. The largest absolute Gasteiger partial charge is 0.454 e. The summed E-state index contributed by atoms with van der Waals surface area (Å²) < 4.78 is 11.7. The van der Waals surface area contributed by atoms with E-state index in [4.69, 9.17) is 9.47 Å². The van der Waals surface area contributed by atoms with Gasteiger partial charge in [-0.25, -0.2) is 4.98 Å². The zero-order valence-corrected chi connectivity index (χ0v) is 15.8. The molecular weight excluding hydrogens is 392 g/mol. The number of para-hydroxylation sites is 1. The molecule has 0 unspecified atom stereocenters. The van der Waals surface area contributed by atoms with Crippen LogP contribution in [0.3, 0.4) is 0 Å². The van der Waals surface area contributed by atoms with Gasteiger partial charge in [-0.1, -0.05) is 12.1 Å². The Bertz CT molecular complexity index is 1220. The number of nitrogens with zero attached hydrogens (tertiary/aromatic N) is 3. The molecule has 2 aromatic carbocycles. The first kappa shape index (κ1) is 19.1. The van der Waals surface area contributed by atoms with Crippen LogP contribution in [0.1, 0.15) is 5.56 Å². The van der Waals surface area contributed by atoms with Crippen molar-refractivity contribution in [1.82, 2.24) is 9.55 Å². The van der Waals surface area contributed by atoms with Crippen molar-refractivity contribution in [2.24, 2.45) is 0 Å². The summed E-state index contributed by atoms with van der Waals surface area (Å²) in [4.78, 5) is 39.7. The van der Waals surface area contributed by atoms with Gasteiger partial charge in [-0.3, -0.25) is 24.3 Å². The number of carbonyl (C=O) groups is 1. The molecule has 0 saturated carbocycles. The molecule has 1 amide bonds. The Kier molecular flexibility index (Phi) is 4.88. The third-order valence-electron chi connectivity index (χ3n) is 4.57. The number of carbonyl (C=O) groups excluding carboxylic acids is 1. The Balaban J connectivity index is 1.53. The van der Waals surface area contributed by atoms with E-state index < -0.39 is 16.4 Å². The number of hydrogen-bond donors (Lipinski definition) is 1. The molecule has 0 spiro atoms. The van der Waals surface area contributed by atoms with Crippen LogP contribution >= 0.6 is 0 Å². The lowest BCUT2D eigenvalue weighted by atomic mass is 10.1. The third-order valence-corrected chi connectivity index (χ3v) is 4.57. The fourth-order valence-corrected chi connectivity index (χ4v) is 3.06. The molecule has 2 heterocycles. The third kappa shape index (κ3) is 3.70. The summed E-state index contributed by atoms with van der Waals surface area (Å²) in [7, 11) is 0. The van der Waals surface area contributed by atoms with Crippen LogP contribution in [0.2, 0.25) is 0 Å². The number of ether oxygens (including phenoxy) is 2. The molecule has 1 aromatic heterocycles. The standard InChI is InChI=1S/C20H16N4O6/c1-12-3-2-4-15(24(27)28)20(12)22-18(25)9-23-10-21-14(8-19(23)26)13-5-6-16-17(7-13)30-11-29-16/h2-8,10H,9,11H2,1H3,(H,22,25). The fraction of sp³-hybridized carbons (Fsp3) is 0.150. The Morgan fingerprint density at radius 2 is 2.03 bits per heavy atom. The number of benzene rings is 2. The molecule has 0 atom stereocenters. The van der Waals surface area contributed by atoms with E-state index in [1.807, 2.05) is 0 Å². The van der Waals surface area contributed by atoms with Crippen LogP contribution in [0, 0.1) is 17.0 Å². The molecule has 4 rings (SSSR count). The molecule has 30 heavy (non-hydrogen) atoms. The number of nitro benzene ring substituents is 1. The first-order valence-corrected chi connectivity index (χ1v) is 8.93. The van der Waals surface area contributed by atoms with Crippen LogP contribution in [0.15, 0.2) is 53.6 Å². The van der Waals surface area contributed by atoms with Crippen molar-refractivity contribution in [3.8, 4) is 22.8 Å². The first-order valence-electron chi connectivity index (χ1n) is 8.93. The van der Waals surface area contributed by atoms with Crippen molar-refractivity contribution in [2.45, 2.75) is 13.5 Å². The number of nitro groups is 1. The van der Waals surface area contributed by atoms with E-state index in [1.54, 1.807) is 31.2 Å². The summed E-state index contributed by atoms with van der Waals surface area (Å²) in [6.07, 6.45) is 1.26. The first-order chi connectivity index (χ1) is 14.4. The molecule has 0 saturated heterocycles. The van der Waals surface area contributed by atoms with E-state index >= 15 is 0 Å². The average molecular weight is 408 g/mol. The van der Waals surface area contributed by atoms with Gasteiger partial charge in [0.15, 0.2) is 11.5 Å². The highest BCUT2D eigenvalue weighted by molar-refractivity contribution is 5.94. The number of rotatable bonds is 5. The Morgan fingerprint density at radius 3 is 2.80 bits per heavy atom. The summed E-state index contributed by atoms with van der Waals surface area (Å²) in [5, 5.41) is 13.7. The monoisotopic (exact) mass is 408 g/mol. The van der Waals surface area contributed by atoms with E-state index in [2.05, 4.69) is 10.3 Å². The van der Waals surface area contributed by atoms with Gasteiger partial charge >= 0.3 is 0 Å². The lowest BCUT2D eigenvalue weighted by molar-refractivity contribution is -0.384. The van der Waals surface area contributed by atoms with Gasteiger partial charge in [0.05, 0.1) is 16.9 Å². The van der Waals surface area contributed by atoms with Crippen LogP contribution < -0.4 is 20.3 Å². The summed E-state index contributed by atoms with van der Waals surface area (Å²) in [6, 6.07) is 11.0. The summed E-state index contributed by atoms with van der Waals surface area (Å²) in [6.45, 7) is 1.46. The highest BCUT2D eigenvalue weighted by Gasteiger charge is 2.19. The van der Waals surface area contributed by atoms with Crippen molar-refractivity contribution in [2.75, 3.05) is 12.1 Å². The molecule has 3 aromatic rings. The van der Waals surface area contributed by atoms with Crippen LogP contribution in [0.25, 0.3) is 11.3 Å². The normalized spacial score (nSPS) is 11.9. The number of hydrogen-bond acceptors (Lipinski definition) is 7. The quantitative estimate of drug-likeness (QED) is 0.508. The molecule has 0 radical (unpaired) electrons. The Labute approximate surface area is 169 Å². The van der Waals surface area contributed by atoms with E-state index in [9.17, 15) is 19.7 Å². The Hall–Kier alpha value is -4.21. The summed E-state index contributed by atoms with van der Waals surface area (Å²) >= 11 is 0. The average Bonchev–Trinajstić information content (AvgIpc) is 3.18. The second kappa shape index (κ2) is 7.66. The maximum absolute atomic E-state index is 12.5. The molecular formula is C20H16N4O6. The van der Waals surface area contributed by atoms with Gasteiger partial charge in [0.1, 0.15) is 12.2 Å². The predicted molar refractivity (Wildman–Crippen MR) is 107 cm³/mol. The van der Waals surface area contributed by atoms with Gasteiger partial charge in [0, 0.05) is 17.7 Å². The minimum atomic E-state index is -0.577. The van der Waals surface area contributed by atoms with Gasteiger partial charge < -0.3 is 14.8 Å². The zero-order chi connectivity index (χ0) is 21.3. The zero-order valence-electron chi connectivity index (χ0n) is 15.8. The molecule has 1 aliphatic heterocycles. The molecule has 152 valence electrons. The number of anilines is 1. The molecule has 0 bridgehead atoms. The maximum Gasteiger partial charge on any atom is 0.293 e. The Morgan fingerprint density at radius 1 is 1.23 bits per heavy atom. The van der Waals surface area contributed by atoms with Crippen molar-refractivity contribution < 1.29 is 19.2 Å². The highest BCUT2D eigenvalue weighted by atomic mass is 16.7.